The Morgan fingerprint density at radius 1 is 1.22 bits per heavy atom. The van der Waals surface area contributed by atoms with E-state index in [0.717, 1.165) is 25.1 Å². The van der Waals surface area contributed by atoms with Crippen LogP contribution in [0.25, 0.3) is 0 Å². The number of rotatable bonds is 5. The summed E-state index contributed by atoms with van der Waals surface area (Å²) in [5.41, 5.74) is 9.83. The molecule has 0 aliphatic heterocycles. The summed E-state index contributed by atoms with van der Waals surface area (Å²) in [4.78, 5) is 0. The molecular formula is C15H21N3. The van der Waals surface area contributed by atoms with E-state index in [1.807, 2.05) is 17.7 Å². The van der Waals surface area contributed by atoms with Crippen LogP contribution in [-0.2, 0) is 19.4 Å². The molecule has 0 aliphatic rings. The number of benzene rings is 1. The van der Waals surface area contributed by atoms with E-state index in [2.05, 4.69) is 42.4 Å². The average Bonchev–Trinajstić information content (AvgIpc) is 2.70. The molecule has 1 unspecified atom stereocenters. The second kappa shape index (κ2) is 5.83. The van der Waals surface area contributed by atoms with Gasteiger partial charge in [-0.1, -0.05) is 30.3 Å². The Balaban J connectivity index is 2.00. The Kier molecular flexibility index (Phi) is 4.15. The predicted octanol–water partition coefficient (Wildman–Crippen LogP) is 2.32. The number of hydrogen-bond donors (Lipinski definition) is 1. The summed E-state index contributed by atoms with van der Waals surface area (Å²) in [6.45, 7) is 5.04. The lowest BCUT2D eigenvalue weighted by molar-refractivity contribution is 0.574. The van der Waals surface area contributed by atoms with Crippen molar-refractivity contribution >= 4 is 0 Å². The molecule has 96 valence electrons. The molecule has 3 nitrogen and oxygen atoms in total. The highest BCUT2D eigenvalue weighted by molar-refractivity contribution is 5.17. The number of nitrogens with two attached hydrogens (primary N) is 1. The van der Waals surface area contributed by atoms with E-state index >= 15 is 0 Å². The molecule has 0 aliphatic carbocycles. The molecule has 0 saturated carbocycles. The van der Waals surface area contributed by atoms with Crippen molar-refractivity contribution in [3.05, 3.63) is 53.3 Å². The van der Waals surface area contributed by atoms with Crippen molar-refractivity contribution in [2.24, 2.45) is 5.73 Å². The van der Waals surface area contributed by atoms with Crippen molar-refractivity contribution in [3.8, 4) is 0 Å². The zero-order chi connectivity index (χ0) is 13.0. The molecule has 0 radical (unpaired) electrons. The van der Waals surface area contributed by atoms with Gasteiger partial charge in [-0.3, -0.25) is 4.68 Å². The second-order valence-electron chi connectivity index (χ2n) is 4.75. The van der Waals surface area contributed by atoms with Gasteiger partial charge in [-0.05, 0) is 31.9 Å². The molecule has 0 amide bonds. The first-order valence-corrected chi connectivity index (χ1v) is 6.52. The monoisotopic (exact) mass is 243 g/mol. The average molecular weight is 243 g/mol. The number of hydrogen-bond acceptors (Lipinski definition) is 2. The maximum absolute atomic E-state index is 6.23. The molecule has 2 aromatic rings. The Morgan fingerprint density at radius 2 is 1.94 bits per heavy atom. The van der Waals surface area contributed by atoms with Crippen LogP contribution in [0.1, 0.15) is 23.9 Å². The largest absolute Gasteiger partial charge is 0.327 e. The van der Waals surface area contributed by atoms with Crippen molar-refractivity contribution in [2.75, 3.05) is 0 Å². The van der Waals surface area contributed by atoms with Crippen molar-refractivity contribution in [1.29, 1.82) is 0 Å². The van der Waals surface area contributed by atoms with Gasteiger partial charge in [0.1, 0.15) is 0 Å². The summed E-state index contributed by atoms with van der Waals surface area (Å²) in [6, 6.07) is 12.7. The van der Waals surface area contributed by atoms with E-state index in [1.165, 1.54) is 11.3 Å². The molecule has 2 rings (SSSR count). The Labute approximate surface area is 109 Å². The van der Waals surface area contributed by atoms with E-state index < -0.39 is 0 Å². The maximum Gasteiger partial charge on any atom is 0.0596 e. The highest BCUT2D eigenvalue weighted by Gasteiger charge is 2.10. The standard InChI is InChI=1S/C15H21N3/c1-3-18-15(9-12(2)17-18)11-14(16)10-13-7-5-4-6-8-13/h4-9,14H,3,10-11,16H2,1-2H3. The van der Waals surface area contributed by atoms with Gasteiger partial charge in [0.15, 0.2) is 0 Å². The van der Waals surface area contributed by atoms with E-state index in [0.29, 0.717) is 0 Å². The lowest BCUT2D eigenvalue weighted by Crippen LogP contribution is -2.26. The van der Waals surface area contributed by atoms with E-state index in [4.69, 9.17) is 5.73 Å². The predicted molar refractivity (Wildman–Crippen MR) is 74.5 cm³/mol. The lowest BCUT2D eigenvalue weighted by Gasteiger charge is -2.12. The Bertz CT molecular complexity index is 488. The summed E-state index contributed by atoms with van der Waals surface area (Å²) >= 11 is 0. The molecule has 1 heterocycles. The fraction of sp³-hybridized carbons (Fsp3) is 0.400. The van der Waals surface area contributed by atoms with Gasteiger partial charge in [0, 0.05) is 24.7 Å². The third kappa shape index (κ3) is 3.20. The molecule has 1 atom stereocenters. The molecule has 1 aromatic carbocycles. The van der Waals surface area contributed by atoms with Crippen LogP contribution in [0.4, 0.5) is 0 Å². The zero-order valence-corrected chi connectivity index (χ0v) is 11.1. The minimum absolute atomic E-state index is 0.147. The van der Waals surface area contributed by atoms with Gasteiger partial charge in [-0.15, -0.1) is 0 Å². The molecule has 0 spiro atoms. The quantitative estimate of drug-likeness (QED) is 0.876. The van der Waals surface area contributed by atoms with Gasteiger partial charge in [-0.2, -0.15) is 5.10 Å². The van der Waals surface area contributed by atoms with E-state index in [1.54, 1.807) is 0 Å². The fourth-order valence-corrected chi connectivity index (χ4v) is 2.29. The SMILES string of the molecule is CCn1nc(C)cc1CC(N)Cc1ccccc1. The molecule has 0 bridgehead atoms. The van der Waals surface area contributed by atoms with Crippen molar-refractivity contribution < 1.29 is 0 Å². The van der Waals surface area contributed by atoms with Crippen LogP contribution in [0.2, 0.25) is 0 Å². The smallest absolute Gasteiger partial charge is 0.0596 e. The van der Waals surface area contributed by atoms with Gasteiger partial charge >= 0.3 is 0 Å². The third-order valence-corrected chi connectivity index (χ3v) is 3.10. The Morgan fingerprint density at radius 3 is 2.61 bits per heavy atom. The normalized spacial score (nSPS) is 12.6. The molecule has 18 heavy (non-hydrogen) atoms. The van der Waals surface area contributed by atoms with E-state index in [9.17, 15) is 0 Å². The molecule has 3 heteroatoms. The summed E-state index contributed by atoms with van der Waals surface area (Å²) < 4.78 is 2.04. The molecule has 0 saturated heterocycles. The minimum atomic E-state index is 0.147. The van der Waals surface area contributed by atoms with Crippen LogP contribution in [-0.4, -0.2) is 15.8 Å². The number of nitrogens with zero attached hydrogens (tertiary/aromatic N) is 2. The highest BCUT2D eigenvalue weighted by Crippen LogP contribution is 2.09. The molecular weight excluding hydrogens is 222 g/mol. The number of aryl methyl sites for hydroxylation is 2. The van der Waals surface area contributed by atoms with Crippen LogP contribution >= 0.6 is 0 Å². The van der Waals surface area contributed by atoms with Crippen molar-refractivity contribution in [1.82, 2.24) is 9.78 Å². The van der Waals surface area contributed by atoms with Crippen molar-refractivity contribution in [3.63, 3.8) is 0 Å². The fourth-order valence-electron chi connectivity index (χ4n) is 2.29. The van der Waals surface area contributed by atoms with Crippen LogP contribution < -0.4 is 5.73 Å². The van der Waals surface area contributed by atoms with Gasteiger partial charge in [0.2, 0.25) is 0 Å². The van der Waals surface area contributed by atoms with Crippen LogP contribution in [0, 0.1) is 6.92 Å². The number of aromatic nitrogens is 2. The van der Waals surface area contributed by atoms with Crippen LogP contribution in [0.3, 0.4) is 0 Å². The third-order valence-electron chi connectivity index (χ3n) is 3.10. The van der Waals surface area contributed by atoms with Crippen LogP contribution in [0.15, 0.2) is 36.4 Å². The van der Waals surface area contributed by atoms with Gasteiger partial charge in [-0.25, -0.2) is 0 Å². The molecule has 2 N–H and O–H groups in total. The van der Waals surface area contributed by atoms with E-state index in [-0.39, 0.29) is 6.04 Å². The van der Waals surface area contributed by atoms with Gasteiger partial charge < -0.3 is 5.73 Å². The second-order valence-corrected chi connectivity index (χ2v) is 4.75. The zero-order valence-electron chi connectivity index (χ0n) is 11.1. The van der Waals surface area contributed by atoms with Crippen LogP contribution in [0.5, 0.6) is 0 Å². The topological polar surface area (TPSA) is 43.8 Å². The summed E-state index contributed by atoms with van der Waals surface area (Å²) in [5, 5.41) is 4.45. The molecule has 1 aromatic heterocycles. The maximum atomic E-state index is 6.23. The summed E-state index contributed by atoms with van der Waals surface area (Å²) in [5.74, 6) is 0. The Hall–Kier alpha value is -1.61. The lowest BCUT2D eigenvalue weighted by atomic mass is 10.0. The van der Waals surface area contributed by atoms with Gasteiger partial charge in [0.05, 0.1) is 5.69 Å². The molecule has 0 fully saturated rings. The van der Waals surface area contributed by atoms with Gasteiger partial charge in [0.25, 0.3) is 0 Å². The summed E-state index contributed by atoms with van der Waals surface area (Å²) in [7, 11) is 0. The van der Waals surface area contributed by atoms with Crippen molar-refractivity contribution in [2.45, 2.75) is 39.3 Å². The first-order chi connectivity index (χ1) is 8.69. The first kappa shape index (κ1) is 12.8. The minimum Gasteiger partial charge on any atom is -0.327 e. The summed E-state index contributed by atoms with van der Waals surface area (Å²) in [6.07, 6.45) is 1.79. The highest BCUT2D eigenvalue weighted by atomic mass is 15.3. The first-order valence-electron chi connectivity index (χ1n) is 6.52.